The number of anilines is 3. The summed E-state index contributed by atoms with van der Waals surface area (Å²) in [5.74, 6) is -0.0978. The molecule has 34 heavy (non-hydrogen) atoms. The Bertz CT molecular complexity index is 1330. The van der Waals surface area contributed by atoms with Gasteiger partial charge in [-0.25, -0.2) is 9.78 Å². The quantitative estimate of drug-likeness (QED) is 0.527. The average molecular weight is 476 g/mol. The number of urea groups is 1. The summed E-state index contributed by atoms with van der Waals surface area (Å²) in [4.78, 5) is 47.2. The minimum atomic E-state index is -0.322. The van der Waals surface area contributed by atoms with Crippen LogP contribution in [0, 0.1) is 0 Å². The maximum absolute atomic E-state index is 13.3. The third-order valence-electron chi connectivity index (χ3n) is 6.26. The number of hydrogen-bond donors (Lipinski definition) is 2. The van der Waals surface area contributed by atoms with Crippen LogP contribution in [0.5, 0.6) is 0 Å². The van der Waals surface area contributed by atoms with Crippen molar-refractivity contribution in [2.45, 2.75) is 32.2 Å². The fraction of sp³-hybridized carbons (Fsp3) is 0.280. The van der Waals surface area contributed by atoms with Gasteiger partial charge in [0.2, 0.25) is 5.91 Å². The Kier molecular flexibility index (Phi) is 5.57. The van der Waals surface area contributed by atoms with Crippen molar-refractivity contribution in [3.63, 3.8) is 0 Å². The Labute approximate surface area is 201 Å². The van der Waals surface area contributed by atoms with Crippen LogP contribution < -0.4 is 15.5 Å². The zero-order valence-corrected chi connectivity index (χ0v) is 19.8. The van der Waals surface area contributed by atoms with E-state index in [9.17, 15) is 14.4 Å². The molecular weight excluding hydrogens is 450 g/mol. The van der Waals surface area contributed by atoms with Gasteiger partial charge in [-0.05, 0) is 42.2 Å². The number of benzene rings is 1. The molecule has 2 aliphatic rings. The van der Waals surface area contributed by atoms with Crippen LogP contribution in [0.2, 0.25) is 0 Å². The van der Waals surface area contributed by atoms with E-state index in [1.54, 1.807) is 22.1 Å². The van der Waals surface area contributed by atoms with Crippen molar-refractivity contribution in [3.05, 3.63) is 59.6 Å². The zero-order valence-electron chi connectivity index (χ0n) is 19.0. The van der Waals surface area contributed by atoms with Gasteiger partial charge in [0.05, 0.1) is 22.4 Å². The number of nitrogens with zero attached hydrogens (tertiary/aromatic N) is 3. The molecule has 4 heterocycles. The summed E-state index contributed by atoms with van der Waals surface area (Å²) in [6.07, 6.45) is 3.61. The summed E-state index contributed by atoms with van der Waals surface area (Å²) in [5, 5.41) is 6.69. The van der Waals surface area contributed by atoms with Gasteiger partial charge >= 0.3 is 6.03 Å². The maximum atomic E-state index is 13.3. The van der Waals surface area contributed by atoms with Crippen molar-refractivity contribution >= 4 is 56.5 Å². The molecule has 1 fully saturated rings. The van der Waals surface area contributed by atoms with Gasteiger partial charge in [-0.15, -0.1) is 11.3 Å². The van der Waals surface area contributed by atoms with E-state index in [1.807, 2.05) is 24.3 Å². The van der Waals surface area contributed by atoms with Gasteiger partial charge < -0.3 is 15.5 Å². The van der Waals surface area contributed by atoms with Crippen LogP contribution in [0.1, 0.15) is 41.4 Å². The van der Waals surface area contributed by atoms with Gasteiger partial charge in [-0.1, -0.05) is 32.6 Å². The summed E-state index contributed by atoms with van der Waals surface area (Å²) in [6.45, 7) is 8.75. The lowest BCUT2D eigenvalue weighted by molar-refractivity contribution is -0.125. The lowest BCUT2D eigenvalue weighted by Gasteiger charge is -2.29. The molecule has 0 radical (unpaired) electrons. The molecule has 9 heteroatoms. The molecule has 2 aromatic heterocycles. The number of pyridine rings is 1. The second-order valence-electron chi connectivity index (χ2n) is 8.78. The van der Waals surface area contributed by atoms with Gasteiger partial charge in [-0.3, -0.25) is 14.5 Å². The van der Waals surface area contributed by atoms with Gasteiger partial charge in [0.25, 0.3) is 5.91 Å². The van der Waals surface area contributed by atoms with E-state index in [-0.39, 0.29) is 23.9 Å². The van der Waals surface area contributed by atoms with Crippen molar-refractivity contribution in [1.82, 2.24) is 15.2 Å². The van der Waals surface area contributed by atoms with Crippen molar-refractivity contribution in [1.29, 1.82) is 0 Å². The maximum Gasteiger partial charge on any atom is 0.331 e. The third-order valence-corrected chi connectivity index (χ3v) is 7.35. The fourth-order valence-corrected chi connectivity index (χ4v) is 5.50. The van der Waals surface area contributed by atoms with Crippen LogP contribution in [0.15, 0.2) is 49.2 Å². The summed E-state index contributed by atoms with van der Waals surface area (Å²) in [7, 11) is 0. The van der Waals surface area contributed by atoms with Gasteiger partial charge in [-0.2, -0.15) is 0 Å². The lowest BCUT2D eigenvalue weighted by Crippen LogP contribution is -2.39. The molecule has 0 saturated carbocycles. The van der Waals surface area contributed by atoms with E-state index in [4.69, 9.17) is 0 Å². The molecule has 0 spiro atoms. The minimum absolute atomic E-state index is 0.142. The molecule has 0 bridgehead atoms. The molecule has 0 aliphatic carbocycles. The number of thiophene rings is 1. The molecule has 2 aliphatic heterocycles. The number of hydrogen-bond acceptors (Lipinski definition) is 5. The first kappa shape index (κ1) is 22.1. The van der Waals surface area contributed by atoms with Crippen molar-refractivity contribution in [2.75, 3.05) is 23.3 Å². The van der Waals surface area contributed by atoms with Gasteiger partial charge in [0.1, 0.15) is 9.71 Å². The van der Waals surface area contributed by atoms with E-state index in [1.165, 1.54) is 17.4 Å². The smallest absolute Gasteiger partial charge is 0.331 e. The molecule has 0 unspecified atom stereocenters. The fourth-order valence-electron chi connectivity index (χ4n) is 4.48. The van der Waals surface area contributed by atoms with Crippen LogP contribution >= 0.6 is 11.3 Å². The van der Waals surface area contributed by atoms with E-state index in [0.29, 0.717) is 46.5 Å². The van der Waals surface area contributed by atoms with Crippen molar-refractivity contribution in [2.24, 2.45) is 0 Å². The number of aromatic nitrogens is 1. The van der Waals surface area contributed by atoms with Crippen LogP contribution in [-0.4, -0.2) is 46.9 Å². The van der Waals surface area contributed by atoms with Gasteiger partial charge in [0, 0.05) is 25.3 Å². The first-order valence-electron chi connectivity index (χ1n) is 11.2. The Morgan fingerprint density at radius 1 is 1.32 bits per heavy atom. The molecule has 8 nitrogen and oxygen atoms in total. The predicted molar refractivity (Wildman–Crippen MR) is 134 cm³/mol. The Hall–Kier alpha value is -3.72. The van der Waals surface area contributed by atoms with Crippen LogP contribution in [0.3, 0.4) is 0 Å². The van der Waals surface area contributed by atoms with Crippen LogP contribution in [0.25, 0.3) is 10.2 Å². The monoisotopic (exact) mass is 475 g/mol. The van der Waals surface area contributed by atoms with Gasteiger partial charge in [0.15, 0.2) is 0 Å². The molecule has 3 aromatic rings. The first-order valence-corrected chi connectivity index (χ1v) is 12.0. The topological polar surface area (TPSA) is 94.6 Å². The van der Waals surface area contributed by atoms with Crippen molar-refractivity contribution in [3.8, 4) is 0 Å². The van der Waals surface area contributed by atoms with Crippen LogP contribution in [0.4, 0.5) is 21.9 Å². The van der Waals surface area contributed by atoms with Crippen molar-refractivity contribution < 1.29 is 14.4 Å². The second kappa shape index (κ2) is 8.57. The highest BCUT2D eigenvalue weighted by atomic mass is 32.1. The summed E-state index contributed by atoms with van der Waals surface area (Å²) in [6, 6.07) is 9.23. The standard InChI is InChI=1S/C25H25N5O3S/c1-4-19(31)29-11-9-16(13-29)27-23(32)22-21-20-18(8-10-26-24(20)34-22)30(25(33)28-21)17-7-5-6-15(12-17)14(2)3/h4-8,10,12,14,16H,1,9,11,13H2,2-3H3,(H,27,32)(H,28,33)/t16-/m1/s1. The number of carbonyl (C=O) groups is 3. The number of amides is 4. The number of rotatable bonds is 5. The number of likely N-dealkylation sites (tertiary alicyclic amines) is 1. The van der Waals surface area contributed by atoms with E-state index < -0.39 is 0 Å². The Balaban J connectivity index is 1.48. The lowest BCUT2D eigenvalue weighted by atomic mass is 10.0. The summed E-state index contributed by atoms with van der Waals surface area (Å²) >= 11 is 1.25. The normalized spacial score (nSPS) is 17.3. The summed E-state index contributed by atoms with van der Waals surface area (Å²) in [5.41, 5.74) is 3.08. The van der Waals surface area contributed by atoms with E-state index >= 15 is 0 Å². The molecule has 1 saturated heterocycles. The van der Waals surface area contributed by atoms with E-state index in [2.05, 4.69) is 36.0 Å². The number of carbonyl (C=O) groups excluding carboxylic acids is 3. The third kappa shape index (κ3) is 3.71. The molecule has 1 aromatic carbocycles. The molecule has 4 amide bonds. The average Bonchev–Trinajstić information content (AvgIpc) is 3.44. The largest absolute Gasteiger partial charge is 0.347 e. The molecule has 5 rings (SSSR count). The Morgan fingerprint density at radius 2 is 2.15 bits per heavy atom. The zero-order chi connectivity index (χ0) is 24.0. The first-order chi connectivity index (χ1) is 16.4. The second-order valence-corrected chi connectivity index (χ2v) is 9.78. The van der Waals surface area contributed by atoms with Crippen LogP contribution in [-0.2, 0) is 4.79 Å². The number of nitrogens with one attached hydrogen (secondary N) is 2. The highest BCUT2D eigenvalue weighted by Crippen LogP contribution is 2.45. The minimum Gasteiger partial charge on any atom is -0.347 e. The summed E-state index contributed by atoms with van der Waals surface area (Å²) < 4.78 is 0. The molecule has 174 valence electrons. The predicted octanol–water partition coefficient (Wildman–Crippen LogP) is 4.62. The molecule has 2 N–H and O–H groups in total. The highest BCUT2D eigenvalue weighted by Gasteiger charge is 2.34. The molecular formula is C25H25N5O3S. The highest BCUT2D eigenvalue weighted by molar-refractivity contribution is 7.21. The molecule has 1 atom stereocenters. The van der Waals surface area contributed by atoms with E-state index in [0.717, 1.165) is 16.6 Å². The Morgan fingerprint density at radius 3 is 2.91 bits per heavy atom. The SMILES string of the molecule is C=CC(=O)N1CC[C@@H](NC(=O)c2sc3nccc4c3c2NC(=O)N4c2cccc(C(C)C)c2)C1.